The molecule has 1 heterocycles. The number of hydrogen-bond donors (Lipinski definition) is 3. The number of hydrogen-bond acceptors (Lipinski definition) is 5. The summed E-state index contributed by atoms with van der Waals surface area (Å²) in [5.41, 5.74) is 6.04. The van der Waals surface area contributed by atoms with Crippen molar-refractivity contribution in [3.8, 4) is 0 Å². The lowest BCUT2D eigenvalue weighted by Gasteiger charge is -2.12. The molecule has 7 nitrogen and oxygen atoms in total. The first-order valence-corrected chi connectivity index (χ1v) is 7.37. The van der Waals surface area contributed by atoms with Gasteiger partial charge in [0.25, 0.3) is 10.0 Å². The van der Waals surface area contributed by atoms with Crippen molar-refractivity contribution in [2.45, 2.75) is 11.8 Å². The van der Waals surface area contributed by atoms with Crippen LogP contribution in [0.15, 0.2) is 41.4 Å². The molecule has 0 bridgehead atoms. The number of carboxylic acids is 1. The van der Waals surface area contributed by atoms with E-state index >= 15 is 0 Å². The van der Waals surface area contributed by atoms with E-state index < -0.39 is 16.0 Å². The van der Waals surface area contributed by atoms with Gasteiger partial charge in [-0.25, -0.2) is 13.2 Å². The van der Waals surface area contributed by atoms with Crippen LogP contribution in [0.4, 0.5) is 11.4 Å². The van der Waals surface area contributed by atoms with Crippen molar-refractivity contribution in [1.29, 1.82) is 0 Å². The minimum absolute atomic E-state index is 0.170. The molecule has 0 aliphatic rings. The molecule has 0 unspecified atom stereocenters. The number of nitrogens with zero attached hydrogens (tertiary/aromatic N) is 1. The van der Waals surface area contributed by atoms with Crippen LogP contribution < -0.4 is 10.5 Å². The molecular formula is C13H13N3O4S. The Morgan fingerprint density at radius 2 is 2.05 bits per heavy atom. The van der Waals surface area contributed by atoms with Crippen molar-refractivity contribution in [2.75, 3.05) is 10.5 Å². The molecule has 2 rings (SSSR count). The van der Waals surface area contributed by atoms with Crippen molar-refractivity contribution >= 4 is 27.4 Å². The smallest absolute Gasteiger partial charge is 0.337 e. The standard InChI is InChI=1S/C13H13N3O4S/c1-8-11(3-2-6-15-8)16-21(19,20)12-5-4-9(14)7-10(12)13(17)18/h2-7,16H,14H2,1H3,(H,17,18). The Morgan fingerprint density at radius 1 is 1.33 bits per heavy atom. The van der Waals surface area contributed by atoms with Gasteiger partial charge in [-0.2, -0.15) is 0 Å². The molecule has 0 spiro atoms. The minimum Gasteiger partial charge on any atom is -0.478 e. The number of carbonyl (C=O) groups is 1. The van der Waals surface area contributed by atoms with Crippen LogP contribution in [-0.2, 0) is 10.0 Å². The van der Waals surface area contributed by atoms with Gasteiger partial charge in [-0.05, 0) is 37.3 Å². The summed E-state index contributed by atoms with van der Waals surface area (Å²) in [5.74, 6) is -1.37. The average Bonchev–Trinajstić information content (AvgIpc) is 2.40. The quantitative estimate of drug-likeness (QED) is 0.735. The molecule has 0 fully saturated rings. The molecule has 0 amide bonds. The number of sulfonamides is 1. The van der Waals surface area contributed by atoms with Crippen LogP contribution in [0.2, 0.25) is 0 Å². The number of nitrogens with two attached hydrogens (primary N) is 1. The summed E-state index contributed by atoms with van der Waals surface area (Å²) in [7, 11) is -4.05. The van der Waals surface area contributed by atoms with E-state index in [4.69, 9.17) is 10.8 Å². The Balaban J connectivity index is 2.50. The maximum Gasteiger partial charge on any atom is 0.337 e. The van der Waals surface area contributed by atoms with Crippen LogP contribution in [-0.4, -0.2) is 24.5 Å². The SMILES string of the molecule is Cc1ncccc1NS(=O)(=O)c1ccc(N)cc1C(=O)O. The molecule has 0 aliphatic heterocycles. The number of aromatic nitrogens is 1. The molecule has 0 saturated heterocycles. The summed E-state index contributed by atoms with van der Waals surface area (Å²) in [5, 5.41) is 9.11. The fourth-order valence-corrected chi connectivity index (χ4v) is 3.04. The number of nitrogen functional groups attached to an aromatic ring is 1. The Labute approximate surface area is 121 Å². The van der Waals surface area contributed by atoms with Crippen LogP contribution in [0, 0.1) is 6.92 Å². The minimum atomic E-state index is -4.05. The van der Waals surface area contributed by atoms with E-state index in [9.17, 15) is 13.2 Å². The van der Waals surface area contributed by atoms with Gasteiger partial charge in [0, 0.05) is 11.9 Å². The van der Waals surface area contributed by atoms with E-state index in [1.165, 1.54) is 18.3 Å². The molecule has 4 N–H and O–H groups in total. The van der Waals surface area contributed by atoms with E-state index in [2.05, 4.69) is 9.71 Å². The van der Waals surface area contributed by atoms with E-state index in [1.54, 1.807) is 13.0 Å². The zero-order valence-corrected chi connectivity index (χ0v) is 11.9. The summed E-state index contributed by atoms with van der Waals surface area (Å²) in [4.78, 5) is 14.8. The molecule has 110 valence electrons. The van der Waals surface area contributed by atoms with Gasteiger partial charge in [0.2, 0.25) is 0 Å². The number of rotatable bonds is 4. The lowest BCUT2D eigenvalue weighted by atomic mass is 10.2. The summed E-state index contributed by atoms with van der Waals surface area (Å²) >= 11 is 0. The fourth-order valence-electron chi connectivity index (χ4n) is 1.74. The van der Waals surface area contributed by atoms with E-state index in [-0.39, 0.29) is 21.8 Å². The van der Waals surface area contributed by atoms with Gasteiger partial charge in [0.05, 0.1) is 16.9 Å². The lowest BCUT2D eigenvalue weighted by Crippen LogP contribution is -2.18. The first kappa shape index (κ1) is 14.8. The highest BCUT2D eigenvalue weighted by Gasteiger charge is 2.23. The maximum atomic E-state index is 12.3. The Kier molecular flexibility index (Phi) is 3.81. The van der Waals surface area contributed by atoms with Crippen molar-refractivity contribution in [2.24, 2.45) is 0 Å². The normalized spacial score (nSPS) is 11.1. The lowest BCUT2D eigenvalue weighted by molar-refractivity contribution is 0.0692. The van der Waals surface area contributed by atoms with Gasteiger partial charge >= 0.3 is 5.97 Å². The number of aromatic carboxylic acids is 1. The van der Waals surface area contributed by atoms with Gasteiger partial charge < -0.3 is 10.8 Å². The molecule has 0 aliphatic carbocycles. The number of nitrogens with one attached hydrogen (secondary N) is 1. The van der Waals surface area contributed by atoms with Crippen molar-refractivity contribution in [3.05, 3.63) is 47.8 Å². The third-order valence-corrected chi connectivity index (χ3v) is 4.20. The number of benzene rings is 1. The van der Waals surface area contributed by atoms with Crippen LogP contribution >= 0.6 is 0 Å². The number of pyridine rings is 1. The molecule has 2 aromatic rings. The van der Waals surface area contributed by atoms with Crippen LogP contribution in [0.3, 0.4) is 0 Å². The molecule has 21 heavy (non-hydrogen) atoms. The largest absolute Gasteiger partial charge is 0.478 e. The predicted octanol–water partition coefficient (Wildman–Crippen LogP) is 1.47. The zero-order chi connectivity index (χ0) is 15.6. The van der Waals surface area contributed by atoms with E-state index in [0.717, 1.165) is 12.1 Å². The summed E-state index contributed by atoms with van der Waals surface area (Å²) in [6.07, 6.45) is 1.53. The number of carboxylic acid groups (broad SMARTS) is 1. The summed E-state index contributed by atoms with van der Waals surface area (Å²) in [6, 6.07) is 6.71. The highest BCUT2D eigenvalue weighted by Crippen LogP contribution is 2.23. The van der Waals surface area contributed by atoms with Gasteiger partial charge in [0.15, 0.2) is 0 Å². The van der Waals surface area contributed by atoms with E-state index in [1.807, 2.05) is 0 Å². The first-order valence-electron chi connectivity index (χ1n) is 5.88. The predicted molar refractivity (Wildman–Crippen MR) is 77.6 cm³/mol. The summed E-state index contributed by atoms with van der Waals surface area (Å²) in [6.45, 7) is 1.64. The van der Waals surface area contributed by atoms with Crippen LogP contribution in [0.5, 0.6) is 0 Å². The van der Waals surface area contributed by atoms with Gasteiger partial charge in [0.1, 0.15) is 4.90 Å². The van der Waals surface area contributed by atoms with Crippen LogP contribution in [0.1, 0.15) is 16.1 Å². The first-order chi connectivity index (χ1) is 9.81. The highest BCUT2D eigenvalue weighted by atomic mass is 32.2. The molecule has 1 aromatic carbocycles. The maximum absolute atomic E-state index is 12.3. The molecule has 0 saturated carbocycles. The molecular weight excluding hydrogens is 294 g/mol. The zero-order valence-electron chi connectivity index (χ0n) is 11.1. The van der Waals surface area contributed by atoms with E-state index in [0.29, 0.717) is 5.69 Å². The second kappa shape index (κ2) is 5.41. The second-order valence-electron chi connectivity index (χ2n) is 4.30. The van der Waals surface area contributed by atoms with Gasteiger partial charge in [-0.15, -0.1) is 0 Å². The van der Waals surface area contributed by atoms with Gasteiger partial charge in [-0.1, -0.05) is 0 Å². The Hall–Kier alpha value is -2.61. The molecule has 0 radical (unpaired) electrons. The second-order valence-corrected chi connectivity index (χ2v) is 5.95. The van der Waals surface area contributed by atoms with Crippen molar-refractivity contribution in [1.82, 2.24) is 4.98 Å². The average molecular weight is 307 g/mol. The molecule has 1 aromatic heterocycles. The topological polar surface area (TPSA) is 122 Å². The van der Waals surface area contributed by atoms with Crippen molar-refractivity contribution in [3.63, 3.8) is 0 Å². The number of anilines is 2. The fraction of sp³-hybridized carbons (Fsp3) is 0.0769. The summed E-state index contributed by atoms with van der Waals surface area (Å²) < 4.78 is 27.0. The van der Waals surface area contributed by atoms with Gasteiger partial charge in [-0.3, -0.25) is 9.71 Å². The third kappa shape index (κ3) is 3.11. The number of aryl methyl sites for hydroxylation is 1. The highest BCUT2D eigenvalue weighted by molar-refractivity contribution is 7.92. The Bertz CT molecular complexity index is 803. The van der Waals surface area contributed by atoms with Crippen molar-refractivity contribution < 1.29 is 18.3 Å². The molecule has 0 atom stereocenters. The van der Waals surface area contributed by atoms with Crippen LogP contribution in [0.25, 0.3) is 0 Å². The monoisotopic (exact) mass is 307 g/mol. The Morgan fingerprint density at radius 3 is 2.67 bits per heavy atom. The third-order valence-electron chi connectivity index (χ3n) is 2.77. The molecule has 8 heteroatoms.